The van der Waals surface area contributed by atoms with Crippen molar-refractivity contribution in [2.24, 2.45) is 0 Å². The molecule has 0 fully saturated rings. The molecule has 0 aliphatic heterocycles. The second-order valence-corrected chi connectivity index (χ2v) is 13.8. The highest BCUT2D eigenvalue weighted by molar-refractivity contribution is 7.04. The SMILES string of the molecule is COC(=O)Cc1ccccc1OCC[Si](c1ccccc1)(c1ccccc1)C(C)(C)C. The average Bonchev–Trinajstić information content (AvgIpc) is 2.78. The third kappa shape index (κ3) is 5.08. The number of methoxy groups -OCH3 is 1. The van der Waals surface area contributed by atoms with Crippen LogP contribution in [0.3, 0.4) is 0 Å². The topological polar surface area (TPSA) is 35.5 Å². The van der Waals surface area contributed by atoms with E-state index in [0.717, 1.165) is 17.4 Å². The van der Waals surface area contributed by atoms with E-state index >= 15 is 0 Å². The Hall–Kier alpha value is -2.85. The normalized spacial score (nSPS) is 11.7. The zero-order valence-corrected chi connectivity index (χ0v) is 19.9. The molecular weight excluding hydrogens is 400 g/mol. The van der Waals surface area contributed by atoms with Gasteiger partial charge in [-0.3, -0.25) is 4.79 Å². The maximum absolute atomic E-state index is 11.8. The van der Waals surface area contributed by atoms with Crippen LogP contribution in [0, 0.1) is 0 Å². The molecule has 0 amide bonds. The number of hydrogen-bond donors (Lipinski definition) is 0. The maximum Gasteiger partial charge on any atom is 0.310 e. The van der Waals surface area contributed by atoms with Crippen LogP contribution in [0.4, 0.5) is 0 Å². The molecule has 31 heavy (non-hydrogen) atoms. The minimum atomic E-state index is -2.18. The molecule has 0 N–H and O–H groups in total. The van der Waals surface area contributed by atoms with Gasteiger partial charge in [0.25, 0.3) is 0 Å². The molecule has 4 heteroatoms. The van der Waals surface area contributed by atoms with Crippen molar-refractivity contribution < 1.29 is 14.3 Å². The molecule has 0 unspecified atom stereocenters. The second-order valence-electron chi connectivity index (χ2n) is 8.85. The Morgan fingerprint density at radius 1 is 0.806 bits per heavy atom. The van der Waals surface area contributed by atoms with E-state index in [2.05, 4.69) is 81.4 Å². The molecule has 0 saturated carbocycles. The van der Waals surface area contributed by atoms with Gasteiger partial charge in [-0.05, 0) is 17.1 Å². The molecule has 3 rings (SSSR count). The molecule has 0 bridgehead atoms. The number of esters is 1. The minimum absolute atomic E-state index is 0.0879. The molecule has 3 aromatic carbocycles. The molecule has 3 aromatic rings. The second kappa shape index (κ2) is 9.97. The highest BCUT2D eigenvalue weighted by atomic mass is 28.3. The van der Waals surface area contributed by atoms with Gasteiger partial charge in [0.2, 0.25) is 0 Å². The van der Waals surface area contributed by atoms with Crippen LogP contribution >= 0.6 is 0 Å². The average molecular weight is 433 g/mol. The van der Waals surface area contributed by atoms with Crippen molar-refractivity contribution in [2.75, 3.05) is 13.7 Å². The van der Waals surface area contributed by atoms with Gasteiger partial charge in [-0.2, -0.15) is 0 Å². The van der Waals surface area contributed by atoms with Gasteiger partial charge >= 0.3 is 5.97 Å². The first-order chi connectivity index (χ1) is 14.9. The number of para-hydroxylation sites is 1. The quantitative estimate of drug-likeness (QED) is 0.377. The summed E-state index contributed by atoms with van der Waals surface area (Å²) in [4.78, 5) is 11.8. The van der Waals surface area contributed by atoms with Crippen molar-refractivity contribution >= 4 is 24.4 Å². The van der Waals surface area contributed by atoms with Crippen molar-refractivity contribution in [3.05, 3.63) is 90.5 Å². The van der Waals surface area contributed by atoms with E-state index in [1.54, 1.807) is 0 Å². The van der Waals surface area contributed by atoms with Crippen molar-refractivity contribution in [2.45, 2.75) is 38.3 Å². The summed E-state index contributed by atoms with van der Waals surface area (Å²) < 4.78 is 11.1. The molecule has 0 spiro atoms. The summed E-state index contributed by atoms with van der Waals surface area (Å²) in [5.41, 5.74) is 0.858. The summed E-state index contributed by atoms with van der Waals surface area (Å²) in [6.45, 7) is 7.64. The van der Waals surface area contributed by atoms with Crippen LogP contribution in [-0.4, -0.2) is 27.8 Å². The number of ether oxygens (including phenoxy) is 2. The third-order valence-corrected chi connectivity index (χ3v) is 12.2. The summed E-state index contributed by atoms with van der Waals surface area (Å²) in [6.07, 6.45) is 0.214. The molecule has 0 saturated heterocycles. The smallest absolute Gasteiger partial charge is 0.310 e. The maximum atomic E-state index is 11.8. The van der Waals surface area contributed by atoms with E-state index in [0.29, 0.717) is 6.61 Å². The van der Waals surface area contributed by atoms with Crippen LogP contribution < -0.4 is 15.1 Å². The van der Waals surface area contributed by atoms with Crippen LogP contribution in [-0.2, 0) is 16.0 Å². The Kier molecular flexibility index (Phi) is 7.34. The Labute approximate surface area is 187 Å². The summed E-state index contributed by atoms with van der Waals surface area (Å²) in [5.74, 6) is 0.494. The largest absolute Gasteiger partial charge is 0.494 e. The minimum Gasteiger partial charge on any atom is -0.494 e. The van der Waals surface area contributed by atoms with Gasteiger partial charge in [-0.15, -0.1) is 0 Å². The van der Waals surface area contributed by atoms with Crippen LogP contribution in [0.2, 0.25) is 11.1 Å². The van der Waals surface area contributed by atoms with E-state index in [4.69, 9.17) is 9.47 Å². The summed E-state index contributed by atoms with van der Waals surface area (Å²) in [7, 11) is -0.765. The summed E-state index contributed by atoms with van der Waals surface area (Å²) in [6, 6.07) is 30.5. The third-order valence-electron chi connectivity index (χ3n) is 6.08. The monoisotopic (exact) mass is 432 g/mol. The van der Waals surface area contributed by atoms with Crippen LogP contribution in [0.5, 0.6) is 5.75 Å². The Morgan fingerprint density at radius 3 is 1.84 bits per heavy atom. The first-order valence-corrected chi connectivity index (χ1v) is 13.0. The Morgan fingerprint density at radius 2 is 1.32 bits per heavy atom. The van der Waals surface area contributed by atoms with Gasteiger partial charge in [0.15, 0.2) is 0 Å². The fourth-order valence-electron chi connectivity index (χ4n) is 4.47. The molecule has 0 atom stereocenters. The number of carbonyl (C=O) groups is 1. The predicted molar refractivity (Wildman–Crippen MR) is 130 cm³/mol. The zero-order valence-electron chi connectivity index (χ0n) is 18.9. The Balaban J connectivity index is 1.94. The van der Waals surface area contributed by atoms with Crippen LogP contribution in [0.1, 0.15) is 26.3 Å². The Bertz CT molecular complexity index is 939. The fourth-order valence-corrected chi connectivity index (χ4v) is 9.80. The lowest BCUT2D eigenvalue weighted by molar-refractivity contribution is -0.139. The fraction of sp³-hybridized carbons (Fsp3) is 0.296. The first-order valence-electron chi connectivity index (χ1n) is 10.8. The lowest BCUT2D eigenvalue weighted by atomic mass is 10.1. The molecule has 3 nitrogen and oxygen atoms in total. The number of rotatable bonds is 8. The van der Waals surface area contributed by atoms with Gasteiger partial charge in [-0.25, -0.2) is 0 Å². The zero-order chi connectivity index (χ0) is 22.3. The van der Waals surface area contributed by atoms with E-state index in [1.807, 2.05) is 24.3 Å². The van der Waals surface area contributed by atoms with Gasteiger partial charge in [-0.1, -0.05) is 110 Å². The van der Waals surface area contributed by atoms with E-state index in [9.17, 15) is 4.79 Å². The van der Waals surface area contributed by atoms with Gasteiger partial charge in [0.1, 0.15) is 13.8 Å². The van der Waals surface area contributed by atoms with Gasteiger partial charge in [0, 0.05) is 5.56 Å². The lowest BCUT2D eigenvalue weighted by Gasteiger charge is -2.44. The molecule has 0 aliphatic rings. The molecule has 162 valence electrons. The first kappa shape index (κ1) is 22.8. The van der Waals surface area contributed by atoms with E-state index < -0.39 is 8.07 Å². The van der Waals surface area contributed by atoms with E-state index in [-0.39, 0.29) is 17.4 Å². The van der Waals surface area contributed by atoms with Gasteiger partial charge in [0.05, 0.1) is 20.1 Å². The number of benzene rings is 3. The highest BCUT2D eigenvalue weighted by Crippen LogP contribution is 2.38. The van der Waals surface area contributed by atoms with Crippen molar-refractivity contribution in [3.63, 3.8) is 0 Å². The highest BCUT2D eigenvalue weighted by Gasteiger charge is 2.47. The lowest BCUT2D eigenvalue weighted by Crippen LogP contribution is -2.64. The molecular formula is C27H32O3Si. The van der Waals surface area contributed by atoms with Crippen LogP contribution in [0.25, 0.3) is 0 Å². The predicted octanol–water partition coefficient (Wildman–Crippen LogP) is 4.84. The number of hydrogen-bond acceptors (Lipinski definition) is 3. The summed E-state index contributed by atoms with van der Waals surface area (Å²) in [5, 5.41) is 2.92. The van der Waals surface area contributed by atoms with Crippen molar-refractivity contribution in [1.29, 1.82) is 0 Å². The van der Waals surface area contributed by atoms with Gasteiger partial charge < -0.3 is 9.47 Å². The molecule has 0 heterocycles. The molecule has 0 aliphatic carbocycles. The van der Waals surface area contributed by atoms with Crippen LogP contribution in [0.15, 0.2) is 84.9 Å². The number of carbonyl (C=O) groups excluding carboxylic acids is 1. The van der Waals surface area contributed by atoms with Crippen molar-refractivity contribution in [1.82, 2.24) is 0 Å². The standard InChI is InChI=1S/C27H32O3Si/c1-27(2,3)31(23-14-7-5-8-15-23,24-16-9-6-10-17-24)20-19-30-25-18-12-11-13-22(25)21-26(28)29-4/h5-18H,19-21H2,1-4H3. The van der Waals surface area contributed by atoms with Crippen molar-refractivity contribution in [3.8, 4) is 5.75 Å². The summed E-state index contributed by atoms with van der Waals surface area (Å²) >= 11 is 0. The molecule has 0 aromatic heterocycles. The van der Waals surface area contributed by atoms with E-state index in [1.165, 1.54) is 17.5 Å². The molecule has 0 radical (unpaired) electrons.